The van der Waals surface area contributed by atoms with E-state index in [9.17, 15) is 14.9 Å². The Morgan fingerprint density at radius 1 is 1.12 bits per heavy atom. The molecule has 32 heavy (non-hydrogen) atoms. The predicted molar refractivity (Wildman–Crippen MR) is 121 cm³/mol. The second kappa shape index (κ2) is 5.92. The van der Waals surface area contributed by atoms with E-state index in [-0.39, 0.29) is 40.6 Å². The summed E-state index contributed by atoms with van der Waals surface area (Å²) >= 11 is 0. The zero-order valence-corrected chi connectivity index (χ0v) is 19.3. The highest BCUT2D eigenvalue weighted by Gasteiger charge is 2.65. The molecule has 0 bridgehead atoms. The predicted octanol–water partition coefficient (Wildman–Crippen LogP) is 4.14. The third kappa shape index (κ3) is 2.29. The van der Waals surface area contributed by atoms with Gasteiger partial charge in [0.05, 0.1) is 16.8 Å². The third-order valence-electron chi connectivity index (χ3n) is 7.15. The van der Waals surface area contributed by atoms with Crippen molar-refractivity contribution in [1.29, 1.82) is 5.26 Å². The lowest BCUT2D eigenvalue weighted by molar-refractivity contribution is -0.126. The number of aryl methyl sites for hydroxylation is 1. The van der Waals surface area contributed by atoms with Crippen LogP contribution >= 0.6 is 0 Å². The minimum atomic E-state index is -1.58. The quantitative estimate of drug-likeness (QED) is 0.668. The highest BCUT2D eigenvalue weighted by molar-refractivity contribution is 6.22. The fourth-order valence-electron chi connectivity index (χ4n) is 6.10. The molecule has 1 atom stereocenters. The van der Waals surface area contributed by atoms with Crippen LogP contribution in [0.2, 0.25) is 0 Å². The number of Topliss-reactive ketones (excluding diaryl/α,β-unsaturated/α-hetero) is 1. The van der Waals surface area contributed by atoms with Crippen molar-refractivity contribution in [3.63, 3.8) is 0 Å². The largest absolute Gasteiger partial charge is 0.444 e. The molecule has 6 heteroatoms. The number of nitriles is 1. The number of fused-ring (bicyclic) bond motifs is 2. The smallest absolute Gasteiger partial charge is 0.248 e. The summed E-state index contributed by atoms with van der Waals surface area (Å²) in [6.07, 6.45) is 2.81. The topological polar surface area (TPSA) is 96.4 Å². The Balaban J connectivity index is 1.96. The van der Waals surface area contributed by atoms with E-state index in [0.29, 0.717) is 17.7 Å². The van der Waals surface area contributed by atoms with Crippen molar-refractivity contribution in [2.75, 3.05) is 4.90 Å². The Hall–Kier alpha value is -3.33. The van der Waals surface area contributed by atoms with Gasteiger partial charge in [-0.3, -0.25) is 9.59 Å². The number of hydrogen-bond donors (Lipinski definition) is 1. The monoisotopic (exact) mass is 429 g/mol. The molecule has 1 spiro atoms. The first-order valence-corrected chi connectivity index (χ1v) is 10.9. The van der Waals surface area contributed by atoms with Crippen molar-refractivity contribution in [1.82, 2.24) is 0 Å². The van der Waals surface area contributed by atoms with E-state index in [0.717, 1.165) is 22.4 Å². The number of amides is 1. The Labute approximate surface area is 188 Å². The molecule has 6 nitrogen and oxygen atoms in total. The maximum Gasteiger partial charge on any atom is 0.248 e. The van der Waals surface area contributed by atoms with E-state index in [1.165, 1.54) is 0 Å². The molecule has 1 amide bonds. The van der Waals surface area contributed by atoms with E-state index < -0.39 is 11.0 Å². The van der Waals surface area contributed by atoms with Crippen LogP contribution in [-0.2, 0) is 19.7 Å². The lowest BCUT2D eigenvalue weighted by Crippen LogP contribution is -2.55. The molecule has 0 saturated heterocycles. The van der Waals surface area contributed by atoms with Crippen LogP contribution in [0.15, 0.2) is 41.0 Å². The van der Waals surface area contributed by atoms with Gasteiger partial charge in [0.1, 0.15) is 22.8 Å². The van der Waals surface area contributed by atoms with Gasteiger partial charge in [-0.1, -0.05) is 31.6 Å². The number of ether oxygens (including phenoxy) is 1. The first-order chi connectivity index (χ1) is 14.8. The van der Waals surface area contributed by atoms with Gasteiger partial charge in [-0.05, 0) is 44.7 Å². The van der Waals surface area contributed by atoms with Crippen LogP contribution in [-0.4, -0.2) is 17.2 Å². The van der Waals surface area contributed by atoms with Crippen LogP contribution in [0.4, 0.5) is 5.69 Å². The molecule has 3 heterocycles. The average Bonchev–Trinajstić information content (AvgIpc) is 2.89. The van der Waals surface area contributed by atoms with Gasteiger partial charge in [0.25, 0.3) is 0 Å². The van der Waals surface area contributed by atoms with Gasteiger partial charge in [0.15, 0.2) is 5.78 Å². The molecule has 1 unspecified atom stereocenters. The molecule has 164 valence electrons. The Morgan fingerprint density at radius 3 is 2.47 bits per heavy atom. The molecule has 0 aromatic heterocycles. The summed E-state index contributed by atoms with van der Waals surface area (Å²) in [7, 11) is 0. The standard InChI is InChI=1S/C26H27N3O3/c1-13-7-15-14(2)9-25(5,6)29-21(15)16(8-13)26(23(29)31)17(12-27)22(28)32-19-11-24(3,4)10-18(30)20(19)26/h7-9H,10-11,28H2,1-6H3. The number of rotatable bonds is 0. The van der Waals surface area contributed by atoms with Gasteiger partial charge in [-0.2, -0.15) is 5.26 Å². The second-order valence-electron chi connectivity index (χ2n) is 10.8. The van der Waals surface area contributed by atoms with Crippen molar-refractivity contribution < 1.29 is 14.3 Å². The molecule has 1 aromatic carbocycles. The molecule has 0 saturated carbocycles. The summed E-state index contributed by atoms with van der Waals surface area (Å²) in [5.41, 5.74) is 8.40. The van der Waals surface area contributed by atoms with Crippen molar-refractivity contribution in [2.24, 2.45) is 11.1 Å². The molecule has 0 fully saturated rings. The van der Waals surface area contributed by atoms with E-state index in [1.54, 1.807) is 4.90 Å². The number of anilines is 1. The molecule has 4 aliphatic rings. The van der Waals surface area contributed by atoms with Crippen LogP contribution in [0.3, 0.4) is 0 Å². The minimum absolute atomic E-state index is 0.00459. The maximum atomic E-state index is 14.5. The molecule has 1 aliphatic carbocycles. The van der Waals surface area contributed by atoms with E-state index in [4.69, 9.17) is 10.5 Å². The van der Waals surface area contributed by atoms with Gasteiger partial charge in [0, 0.05) is 24.0 Å². The van der Waals surface area contributed by atoms with Crippen LogP contribution in [0.25, 0.3) is 5.57 Å². The van der Waals surface area contributed by atoms with Crippen LogP contribution in [0.5, 0.6) is 0 Å². The minimum Gasteiger partial charge on any atom is -0.444 e. The summed E-state index contributed by atoms with van der Waals surface area (Å²) < 4.78 is 5.88. The highest BCUT2D eigenvalue weighted by atomic mass is 16.5. The van der Waals surface area contributed by atoms with Crippen LogP contribution < -0.4 is 10.6 Å². The Bertz CT molecular complexity index is 1290. The van der Waals surface area contributed by atoms with Gasteiger partial charge in [-0.15, -0.1) is 0 Å². The van der Waals surface area contributed by atoms with Crippen molar-refractivity contribution in [3.05, 3.63) is 57.7 Å². The zero-order valence-electron chi connectivity index (χ0n) is 19.3. The second-order valence-corrected chi connectivity index (χ2v) is 10.8. The number of nitrogens with two attached hydrogens (primary N) is 1. The fraction of sp³-hybridized carbons (Fsp3) is 0.423. The first-order valence-electron chi connectivity index (χ1n) is 10.9. The molecule has 2 N–H and O–H groups in total. The Kier molecular flexibility index (Phi) is 3.80. The number of ketones is 1. The maximum absolute atomic E-state index is 14.5. The normalized spacial score (nSPS) is 27.2. The van der Waals surface area contributed by atoms with Gasteiger partial charge < -0.3 is 15.4 Å². The average molecular weight is 430 g/mol. The number of benzene rings is 1. The highest BCUT2D eigenvalue weighted by Crippen LogP contribution is 2.61. The van der Waals surface area contributed by atoms with Crippen LogP contribution in [0, 0.1) is 23.7 Å². The molecular formula is C26H27N3O3. The van der Waals surface area contributed by atoms with E-state index in [2.05, 4.69) is 18.2 Å². The summed E-state index contributed by atoms with van der Waals surface area (Å²) in [5, 5.41) is 10.2. The Morgan fingerprint density at radius 2 is 1.81 bits per heavy atom. The van der Waals surface area contributed by atoms with Crippen molar-refractivity contribution in [2.45, 2.75) is 65.3 Å². The van der Waals surface area contributed by atoms with E-state index >= 15 is 0 Å². The SMILES string of the molecule is CC1=CC(C)(C)N2C(=O)C3(C(C#N)=C(N)OC4=C3C(=O)CC(C)(C)C4)c3cc(C)cc1c32. The summed E-state index contributed by atoms with van der Waals surface area (Å²) in [6, 6.07) is 6.14. The van der Waals surface area contributed by atoms with Gasteiger partial charge in [0.2, 0.25) is 11.8 Å². The van der Waals surface area contributed by atoms with Gasteiger partial charge >= 0.3 is 0 Å². The van der Waals surface area contributed by atoms with Crippen LogP contribution in [0.1, 0.15) is 64.2 Å². The molecule has 3 aliphatic heterocycles. The molecule has 1 aromatic rings. The zero-order chi connectivity index (χ0) is 23.4. The molecule has 5 rings (SSSR count). The molecule has 0 radical (unpaired) electrons. The first kappa shape index (κ1) is 20.6. The summed E-state index contributed by atoms with van der Waals surface area (Å²) in [5.74, 6) is -0.157. The number of carbonyl (C=O) groups is 2. The van der Waals surface area contributed by atoms with Gasteiger partial charge in [-0.25, -0.2) is 0 Å². The number of carbonyl (C=O) groups excluding carboxylic acids is 2. The third-order valence-corrected chi connectivity index (χ3v) is 7.15. The van der Waals surface area contributed by atoms with E-state index in [1.807, 2.05) is 47.6 Å². The van der Waals surface area contributed by atoms with Crippen molar-refractivity contribution in [3.8, 4) is 6.07 Å². The lowest BCUT2D eigenvalue weighted by Gasteiger charge is -2.43. The van der Waals surface area contributed by atoms with Crippen molar-refractivity contribution >= 4 is 23.0 Å². The number of allylic oxidation sites excluding steroid dienone is 2. The number of nitrogens with zero attached hydrogens (tertiary/aromatic N) is 2. The summed E-state index contributed by atoms with van der Waals surface area (Å²) in [6.45, 7) is 11.9. The number of hydrogen-bond acceptors (Lipinski definition) is 5. The molecular weight excluding hydrogens is 402 g/mol. The fourth-order valence-corrected chi connectivity index (χ4v) is 6.10. The summed E-state index contributed by atoms with van der Waals surface area (Å²) in [4.78, 5) is 29.9. The lowest BCUT2D eigenvalue weighted by atomic mass is 9.62.